The quantitative estimate of drug-likeness (QED) is 0.716. The average molecular weight is 191 g/mol. The van der Waals surface area contributed by atoms with Gasteiger partial charge in [-0.25, -0.2) is 0 Å². The average Bonchev–Trinajstić information content (AvgIpc) is 2.26. The van der Waals surface area contributed by atoms with Gasteiger partial charge in [0.2, 0.25) is 5.91 Å². The maximum atomic E-state index is 11.6. The summed E-state index contributed by atoms with van der Waals surface area (Å²) in [5, 5.41) is 0. The minimum absolute atomic E-state index is 0.193. The van der Waals surface area contributed by atoms with Crippen LogP contribution in [0.3, 0.4) is 0 Å². The fraction of sp³-hybridized carbons (Fsp3) is 0.417. The topological polar surface area (TPSA) is 20.3 Å². The molecule has 76 valence electrons. The Labute approximate surface area is 85.5 Å². The van der Waals surface area contributed by atoms with Gasteiger partial charge in [-0.15, -0.1) is 0 Å². The highest BCUT2D eigenvalue weighted by atomic mass is 16.2. The standard InChI is InChI=1S/C12H17NO/c1-3-10-13(12(14)4-2)11-8-6-5-7-9-11/h5-9H,3-4,10H2,1-2H3. The third-order valence-corrected chi connectivity index (χ3v) is 2.12. The van der Waals surface area contributed by atoms with Crippen molar-refractivity contribution in [2.45, 2.75) is 26.7 Å². The van der Waals surface area contributed by atoms with Crippen molar-refractivity contribution in [1.82, 2.24) is 0 Å². The molecule has 0 N–H and O–H groups in total. The first-order valence-electron chi connectivity index (χ1n) is 5.15. The Bertz CT molecular complexity index is 282. The molecule has 1 amide bonds. The highest BCUT2D eigenvalue weighted by molar-refractivity contribution is 5.93. The van der Waals surface area contributed by atoms with E-state index in [1.807, 2.05) is 42.2 Å². The fourth-order valence-electron chi connectivity index (χ4n) is 1.42. The lowest BCUT2D eigenvalue weighted by atomic mass is 10.2. The van der Waals surface area contributed by atoms with Gasteiger partial charge in [0, 0.05) is 18.7 Å². The van der Waals surface area contributed by atoms with Gasteiger partial charge < -0.3 is 4.90 Å². The zero-order valence-corrected chi connectivity index (χ0v) is 8.86. The Morgan fingerprint density at radius 2 is 1.86 bits per heavy atom. The second kappa shape index (κ2) is 5.43. The second-order valence-electron chi connectivity index (χ2n) is 3.23. The van der Waals surface area contributed by atoms with Crippen molar-refractivity contribution in [3.05, 3.63) is 30.3 Å². The van der Waals surface area contributed by atoms with Gasteiger partial charge in [0.15, 0.2) is 0 Å². The molecule has 0 unspecified atom stereocenters. The molecule has 0 radical (unpaired) electrons. The molecule has 1 aromatic rings. The van der Waals surface area contributed by atoms with Gasteiger partial charge in [-0.2, -0.15) is 0 Å². The summed E-state index contributed by atoms with van der Waals surface area (Å²) in [4.78, 5) is 13.5. The van der Waals surface area contributed by atoms with Crippen LogP contribution in [0.25, 0.3) is 0 Å². The van der Waals surface area contributed by atoms with Crippen molar-refractivity contribution < 1.29 is 4.79 Å². The summed E-state index contributed by atoms with van der Waals surface area (Å²) in [6.07, 6.45) is 1.55. The molecule has 0 spiro atoms. The number of benzene rings is 1. The highest BCUT2D eigenvalue weighted by Gasteiger charge is 2.11. The number of hydrogen-bond acceptors (Lipinski definition) is 1. The van der Waals surface area contributed by atoms with Gasteiger partial charge >= 0.3 is 0 Å². The number of carbonyl (C=O) groups is 1. The summed E-state index contributed by atoms with van der Waals surface area (Å²) in [5.74, 6) is 0.193. The van der Waals surface area contributed by atoms with E-state index in [9.17, 15) is 4.79 Å². The first-order valence-corrected chi connectivity index (χ1v) is 5.15. The summed E-state index contributed by atoms with van der Waals surface area (Å²) in [6, 6.07) is 9.83. The summed E-state index contributed by atoms with van der Waals surface area (Å²) in [6.45, 7) is 4.78. The van der Waals surface area contributed by atoms with E-state index in [2.05, 4.69) is 6.92 Å². The summed E-state index contributed by atoms with van der Waals surface area (Å²) < 4.78 is 0. The van der Waals surface area contributed by atoms with Crippen LogP contribution in [-0.2, 0) is 4.79 Å². The van der Waals surface area contributed by atoms with Crippen LogP contribution < -0.4 is 4.90 Å². The second-order valence-corrected chi connectivity index (χ2v) is 3.23. The number of amides is 1. The zero-order chi connectivity index (χ0) is 10.4. The van der Waals surface area contributed by atoms with Gasteiger partial charge in [-0.1, -0.05) is 32.0 Å². The molecule has 0 saturated carbocycles. The highest BCUT2D eigenvalue weighted by Crippen LogP contribution is 2.14. The normalized spacial score (nSPS) is 9.86. The van der Waals surface area contributed by atoms with Crippen molar-refractivity contribution in [3.8, 4) is 0 Å². The molecule has 0 heterocycles. The van der Waals surface area contributed by atoms with Crippen molar-refractivity contribution in [2.24, 2.45) is 0 Å². The first-order chi connectivity index (χ1) is 6.79. The molecule has 0 fully saturated rings. The van der Waals surface area contributed by atoms with Gasteiger partial charge in [0.25, 0.3) is 0 Å². The number of carbonyl (C=O) groups excluding carboxylic acids is 1. The molecule has 0 atom stereocenters. The maximum Gasteiger partial charge on any atom is 0.226 e. The van der Waals surface area contributed by atoms with Gasteiger partial charge in [-0.3, -0.25) is 4.79 Å². The maximum absolute atomic E-state index is 11.6. The number of anilines is 1. The minimum atomic E-state index is 0.193. The molecular formula is C12H17NO. The SMILES string of the molecule is CCCN(C(=O)CC)c1ccccc1. The van der Waals surface area contributed by atoms with Crippen LogP contribution in [0.5, 0.6) is 0 Å². The van der Waals surface area contributed by atoms with E-state index in [-0.39, 0.29) is 5.91 Å². The molecule has 2 nitrogen and oxygen atoms in total. The van der Waals surface area contributed by atoms with Crippen molar-refractivity contribution in [1.29, 1.82) is 0 Å². The lowest BCUT2D eigenvalue weighted by Crippen LogP contribution is -2.30. The van der Waals surface area contributed by atoms with E-state index in [1.165, 1.54) is 0 Å². The Balaban J connectivity index is 2.83. The van der Waals surface area contributed by atoms with Crippen LogP contribution in [-0.4, -0.2) is 12.5 Å². The number of hydrogen-bond donors (Lipinski definition) is 0. The molecule has 2 heteroatoms. The van der Waals surface area contributed by atoms with E-state index >= 15 is 0 Å². The predicted molar refractivity (Wildman–Crippen MR) is 59.4 cm³/mol. The molecular weight excluding hydrogens is 174 g/mol. The predicted octanol–water partition coefficient (Wildman–Crippen LogP) is 2.84. The third-order valence-electron chi connectivity index (χ3n) is 2.12. The van der Waals surface area contributed by atoms with E-state index in [0.717, 1.165) is 18.7 Å². The summed E-state index contributed by atoms with van der Waals surface area (Å²) >= 11 is 0. The minimum Gasteiger partial charge on any atom is -0.312 e. The van der Waals surface area contributed by atoms with Crippen LogP contribution in [0.2, 0.25) is 0 Å². The van der Waals surface area contributed by atoms with E-state index < -0.39 is 0 Å². The van der Waals surface area contributed by atoms with Crippen molar-refractivity contribution in [2.75, 3.05) is 11.4 Å². The van der Waals surface area contributed by atoms with Crippen LogP contribution in [0.4, 0.5) is 5.69 Å². The smallest absolute Gasteiger partial charge is 0.226 e. The van der Waals surface area contributed by atoms with E-state index in [1.54, 1.807) is 0 Å². The van der Waals surface area contributed by atoms with Gasteiger partial charge in [0.1, 0.15) is 0 Å². The molecule has 14 heavy (non-hydrogen) atoms. The number of nitrogens with zero attached hydrogens (tertiary/aromatic N) is 1. The fourth-order valence-corrected chi connectivity index (χ4v) is 1.42. The molecule has 0 saturated heterocycles. The number of rotatable bonds is 4. The van der Waals surface area contributed by atoms with Crippen LogP contribution in [0, 0.1) is 0 Å². The zero-order valence-electron chi connectivity index (χ0n) is 8.86. The molecule has 0 aliphatic carbocycles. The molecule has 1 aromatic carbocycles. The first kappa shape index (κ1) is 10.8. The Kier molecular flexibility index (Phi) is 4.17. The summed E-state index contributed by atoms with van der Waals surface area (Å²) in [7, 11) is 0. The largest absolute Gasteiger partial charge is 0.312 e. The lowest BCUT2D eigenvalue weighted by molar-refractivity contribution is -0.118. The van der Waals surface area contributed by atoms with Crippen LogP contribution in [0.1, 0.15) is 26.7 Å². The number of para-hydroxylation sites is 1. The Morgan fingerprint density at radius 1 is 1.21 bits per heavy atom. The molecule has 0 aliphatic rings. The van der Waals surface area contributed by atoms with Crippen molar-refractivity contribution in [3.63, 3.8) is 0 Å². The van der Waals surface area contributed by atoms with E-state index in [4.69, 9.17) is 0 Å². The summed E-state index contributed by atoms with van der Waals surface area (Å²) in [5.41, 5.74) is 1.00. The van der Waals surface area contributed by atoms with E-state index in [0.29, 0.717) is 6.42 Å². The Hall–Kier alpha value is -1.31. The van der Waals surface area contributed by atoms with Crippen LogP contribution >= 0.6 is 0 Å². The molecule has 0 aromatic heterocycles. The molecule has 0 bridgehead atoms. The monoisotopic (exact) mass is 191 g/mol. The lowest BCUT2D eigenvalue weighted by Gasteiger charge is -2.21. The van der Waals surface area contributed by atoms with Crippen molar-refractivity contribution >= 4 is 11.6 Å². The molecule has 0 aliphatic heterocycles. The Morgan fingerprint density at radius 3 is 2.36 bits per heavy atom. The third kappa shape index (κ3) is 2.59. The van der Waals surface area contributed by atoms with Gasteiger partial charge in [-0.05, 0) is 18.6 Å². The van der Waals surface area contributed by atoms with Crippen LogP contribution in [0.15, 0.2) is 30.3 Å². The van der Waals surface area contributed by atoms with Gasteiger partial charge in [0.05, 0.1) is 0 Å². The molecule has 1 rings (SSSR count).